The van der Waals surface area contributed by atoms with Crippen molar-refractivity contribution in [3.8, 4) is 0 Å². The zero-order valence-corrected chi connectivity index (χ0v) is 14.4. The summed E-state index contributed by atoms with van der Waals surface area (Å²) in [5, 5.41) is 0. The maximum absolute atomic E-state index is 12.4. The monoisotopic (exact) mass is 342 g/mol. The van der Waals surface area contributed by atoms with Crippen molar-refractivity contribution < 1.29 is 22.7 Å². The van der Waals surface area contributed by atoms with Gasteiger partial charge in [-0.1, -0.05) is 19.9 Å². The second-order valence-corrected chi connectivity index (χ2v) is 7.38. The number of amides is 1. The molecule has 0 aliphatic carbocycles. The Hall–Kier alpha value is -1.93. The van der Waals surface area contributed by atoms with E-state index in [4.69, 9.17) is 10.5 Å². The van der Waals surface area contributed by atoms with Gasteiger partial charge in [0.2, 0.25) is 10.0 Å². The summed E-state index contributed by atoms with van der Waals surface area (Å²) in [6.45, 7) is 6.41. The number of carbonyl (C=O) groups is 2. The van der Waals surface area contributed by atoms with Crippen LogP contribution in [0.1, 0.15) is 25.0 Å². The predicted octanol–water partition coefficient (Wildman–Crippen LogP) is 0.635. The molecule has 0 saturated heterocycles. The van der Waals surface area contributed by atoms with E-state index < -0.39 is 34.5 Å². The molecule has 0 bridgehead atoms. The number of esters is 1. The zero-order valence-electron chi connectivity index (χ0n) is 13.6. The number of hydrogen-bond acceptors (Lipinski definition) is 5. The summed E-state index contributed by atoms with van der Waals surface area (Å²) in [5.41, 5.74) is 6.70. The molecule has 0 heterocycles. The second kappa shape index (κ2) is 7.56. The first-order chi connectivity index (χ1) is 10.5. The Morgan fingerprint density at radius 1 is 1.22 bits per heavy atom. The molecule has 128 valence electrons. The highest BCUT2D eigenvalue weighted by Crippen LogP contribution is 2.16. The van der Waals surface area contributed by atoms with E-state index in [2.05, 4.69) is 4.72 Å². The van der Waals surface area contributed by atoms with Gasteiger partial charge < -0.3 is 10.5 Å². The minimum atomic E-state index is -3.89. The molecule has 3 N–H and O–H groups in total. The fraction of sp³-hybridized carbons (Fsp3) is 0.467. The standard InChI is InChI=1S/C15H22N2O5S/c1-9(2)14(15(19)22-8-13(16)18)17-23(20,21)12-6-5-10(3)11(4)7-12/h5-7,9,14,17H,8H2,1-4H3,(H2,16,18)/t14-/m0/s1. The topological polar surface area (TPSA) is 116 Å². The summed E-state index contributed by atoms with van der Waals surface area (Å²) in [6, 6.07) is 3.58. The fourth-order valence-corrected chi connectivity index (χ4v) is 3.22. The van der Waals surface area contributed by atoms with Crippen LogP contribution in [0.3, 0.4) is 0 Å². The minimum absolute atomic E-state index is 0.0638. The zero-order chi connectivity index (χ0) is 17.8. The summed E-state index contributed by atoms with van der Waals surface area (Å²) < 4.78 is 31.9. The van der Waals surface area contributed by atoms with Crippen LogP contribution in [0.4, 0.5) is 0 Å². The first-order valence-electron chi connectivity index (χ1n) is 7.09. The number of rotatable bonds is 7. The van der Waals surface area contributed by atoms with E-state index in [1.807, 2.05) is 6.92 Å². The Bertz CT molecular complexity index is 698. The number of aryl methyl sites for hydroxylation is 2. The number of benzene rings is 1. The van der Waals surface area contributed by atoms with Gasteiger partial charge in [-0.25, -0.2) is 8.42 Å². The largest absolute Gasteiger partial charge is 0.454 e. The van der Waals surface area contributed by atoms with Crippen molar-refractivity contribution in [1.82, 2.24) is 4.72 Å². The predicted molar refractivity (Wildman–Crippen MR) is 85.0 cm³/mol. The molecule has 23 heavy (non-hydrogen) atoms. The van der Waals surface area contributed by atoms with Gasteiger partial charge in [0, 0.05) is 0 Å². The quantitative estimate of drug-likeness (QED) is 0.705. The summed E-state index contributed by atoms with van der Waals surface area (Å²) in [5.74, 6) is -2.01. The molecular formula is C15H22N2O5S. The van der Waals surface area contributed by atoms with E-state index in [0.29, 0.717) is 0 Å². The van der Waals surface area contributed by atoms with E-state index >= 15 is 0 Å². The van der Waals surface area contributed by atoms with Crippen LogP contribution in [0, 0.1) is 19.8 Å². The van der Waals surface area contributed by atoms with Crippen LogP contribution in [0.5, 0.6) is 0 Å². The number of ether oxygens (including phenoxy) is 1. The molecule has 0 fully saturated rings. The minimum Gasteiger partial charge on any atom is -0.454 e. The molecule has 1 atom stereocenters. The number of hydrogen-bond donors (Lipinski definition) is 2. The molecule has 1 amide bonds. The highest BCUT2D eigenvalue weighted by atomic mass is 32.2. The van der Waals surface area contributed by atoms with E-state index in [-0.39, 0.29) is 10.8 Å². The SMILES string of the molecule is Cc1ccc(S(=O)(=O)N[C@H](C(=O)OCC(N)=O)C(C)C)cc1C. The first-order valence-corrected chi connectivity index (χ1v) is 8.57. The van der Waals surface area contributed by atoms with Gasteiger partial charge in [0.1, 0.15) is 6.04 Å². The Morgan fingerprint density at radius 2 is 1.83 bits per heavy atom. The smallest absolute Gasteiger partial charge is 0.324 e. The highest BCUT2D eigenvalue weighted by Gasteiger charge is 2.30. The highest BCUT2D eigenvalue weighted by molar-refractivity contribution is 7.89. The van der Waals surface area contributed by atoms with Crippen LogP contribution in [-0.4, -0.2) is 32.9 Å². The van der Waals surface area contributed by atoms with Gasteiger partial charge in [-0.2, -0.15) is 4.72 Å². The lowest BCUT2D eigenvalue weighted by atomic mass is 10.1. The molecule has 7 nitrogen and oxygen atoms in total. The van der Waals surface area contributed by atoms with Crippen LogP contribution < -0.4 is 10.5 Å². The van der Waals surface area contributed by atoms with Gasteiger partial charge in [-0.05, 0) is 43.0 Å². The van der Waals surface area contributed by atoms with Gasteiger partial charge in [0.05, 0.1) is 4.90 Å². The van der Waals surface area contributed by atoms with Crippen molar-refractivity contribution in [3.63, 3.8) is 0 Å². The van der Waals surface area contributed by atoms with Crippen LogP contribution >= 0.6 is 0 Å². The summed E-state index contributed by atoms with van der Waals surface area (Å²) in [4.78, 5) is 22.7. The number of sulfonamides is 1. The molecule has 0 aromatic heterocycles. The number of carbonyl (C=O) groups excluding carboxylic acids is 2. The summed E-state index contributed by atoms with van der Waals surface area (Å²) >= 11 is 0. The van der Waals surface area contributed by atoms with E-state index in [0.717, 1.165) is 11.1 Å². The first kappa shape index (κ1) is 19.1. The van der Waals surface area contributed by atoms with Crippen LogP contribution in [0.15, 0.2) is 23.1 Å². The molecule has 1 aromatic carbocycles. The van der Waals surface area contributed by atoms with Gasteiger partial charge in [-0.3, -0.25) is 9.59 Å². The number of primary amides is 1. The lowest BCUT2D eigenvalue weighted by Gasteiger charge is -2.20. The molecule has 0 saturated carbocycles. The van der Waals surface area contributed by atoms with Crippen LogP contribution in [0.2, 0.25) is 0 Å². The lowest BCUT2D eigenvalue weighted by molar-refractivity contribution is -0.150. The molecule has 0 aliphatic heterocycles. The fourth-order valence-electron chi connectivity index (χ4n) is 1.80. The van der Waals surface area contributed by atoms with Crippen molar-refractivity contribution in [2.24, 2.45) is 11.7 Å². The molecule has 0 aliphatic rings. The van der Waals surface area contributed by atoms with Crippen LogP contribution in [-0.2, 0) is 24.3 Å². The van der Waals surface area contributed by atoms with Crippen molar-refractivity contribution in [2.75, 3.05) is 6.61 Å². The lowest BCUT2D eigenvalue weighted by Crippen LogP contribution is -2.45. The van der Waals surface area contributed by atoms with Gasteiger partial charge in [-0.15, -0.1) is 0 Å². The van der Waals surface area contributed by atoms with Crippen molar-refractivity contribution >= 4 is 21.9 Å². The van der Waals surface area contributed by atoms with Crippen molar-refractivity contribution in [3.05, 3.63) is 29.3 Å². The molecule has 8 heteroatoms. The maximum atomic E-state index is 12.4. The molecule has 1 aromatic rings. The van der Waals surface area contributed by atoms with E-state index in [9.17, 15) is 18.0 Å². The Morgan fingerprint density at radius 3 is 2.30 bits per heavy atom. The second-order valence-electron chi connectivity index (χ2n) is 5.66. The molecule has 0 radical (unpaired) electrons. The maximum Gasteiger partial charge on any atom is 0.324 e. The van der Waals surface area contributed by atoms with E-state index in [1.165, 1.54) is 12.1 Å². The summed E-state index contributed by atoms with van der Waals surface area (Å²) in [7, 11) is -3.89. The van der Waals surface area contributed by atoms with Gasteiger partial charge >= 0.3 is 5.97 Å². The van der Waals surface area contributed by atoms with Gasteiger partial charge in [0.15, 0.2) is 6.61 Å². The third kappa shape index (κ3) is 5.33. The number of nitrogens with two attached hydrogens (primary N) is 1. The molecular weight excluding hydrogens is 320 g/mol. The normalized spacial score (nSPS) is 12.9. The average Bonchev–Trinajstić information content (AvgIpc) is 2.44. The molecule has 0 spiro atoms. The summed E-state index contributed by atoms with van der Waals surface area (Å²) in [6.07, 6.45) is 0. The third-order valence-electron chi connectivity index (χ3n) is 3.35. The molecule has 0 unspecified atom stereocenters. The van der Waals surface area contributed by atoms with E-state index in [1.54, 1.807) is 26.8 Å². The van der Waals surface area contributed by atoms with Crippen molar-refractivity contribution in [1.29, 1.82) is 0 Å². The Labute approximate surface area is 136 Å². The number of nitrogens with one attached hydrogen (secondary N) is 1. The van der Waals surface area contributed by atoms with Crippen LogP contribution in [0.25, 0.3) is 0 Å². The third-order valence-corrected chi connectivity index (χ3v) is 4.79. The average molecular weight is 342 g/mol. The Kier molecular flexibility index (Phi) is 6.28. The van der Waals surface area contributed by atoms with Crippen molar-refractivity contribution in [2.45, 2.75) is 38.6 Å². The Balaban J connectivity index is 3.00. The van der Waals surface area contributed by atoms with Gasteiger partial charge in [0.25, 0.3) is 5.91 Å². The molecule has 1 rings (SSSR count).